The molecule has 7 heteroatoms. The fourth-order valence-corrected chi connectivity index (χ4v) is 6.26. The Morgan fingerprint density at radius 3 is 2.31 bits per heavy atom. The summed E-state index contributed by atoms with van der Waals surface area (Å²) < 4.78 is 2.29. The number of amides is 1. The van der Waals surface area contributed by atoms with Gasteiger partial charge in [0, 0.05) is 41.3 Å². The smallest absolute Gasteiger partial charge is 0.246 e. The first-order valence-electron chi connectivity index (χ1n) is 15.2. The van der Waals surface area contributed by atoms with Gasteiger partial charge in [0.1, 0.15) is 5.82 Å². The fourth-order valence-electron chi connectivity index (χ4n) is 5.74. The molecule has 5 rings (SSSR count). The van der Waals surface area contributed by atoms with E-state index in [0.29, 0.717) is 35.2 Å². The molecule has 0 radical (unpaired) electrons. The molecule has 2 heterocycles. The van der Waals surface area contributed by atoms with Crippen LogP contribution in [0.4, 0.5) is 0 Å². The molecule has 4 aromatic rings. The lowest BCUT2D eigenvalue weighted by molar-refractivity contribution is -0.126. The zero-order valence-electron chi connectivity index (χ0n) is 24.4. The van der Waals surface area contributed by atoms with E-state index in [1.54, 1.807) is 30.4 Å². The monoisotopic (exact) mass is 602 g/mol. The predicted molar refractivity (Wildman–Crippen MR) is 175 cm³/mol. The summed E-state index contributed by atoms with van der Waals surface area (Å²) >= 11 is 12.7. The maximum absolute atomic E-state index is 13.6. The van der Waals surface area contributed by atoms with Crippen molar-refractivity contribution in [1.82, 2.24) is 19.4 Å². The van der Waals surface area contributed by atoms with Crippen LogP contribution < -0.4 is 0 Å². The van der Waals surface area contributed by atoms with Crippen LogP contribution in [0.1, 0.15) is 68.0 Å². The molecule has 0 spiro atoms. The van der Waals surface area contributed by atoms with E-state index < -0.39 is 0 Å². The van der Waals surface area contributed by atoms with Crippen molar-refractivity contribution in [3.8, 4) is 0 Å². The first-order valence-corrected chi connectivity index (χ1v) is 15.9. The third-order valence-electron chi connectivity index (χ3n) is 8.09. The van der Waals surface area contributed by atoms with Gasteiger partial charge in [-0.3, -0.25) is 9.69 Å². The van der Waals surface area contributed by atoms with Gasteiger partial charge in [0.2, 0.25) is 5.91 Å². The molecule has 1 saturated heterocycles. The number of aromatic nitrogens is 2. The topological polar surface area (TPSA) is 41.4 Å². The Kier molecular flexibility index (Phi) is 10.7. The first kappa shape index (κ1) is 30.3. The van der Waals surface area contributed by atoms with Crippen LogP contribution in [-0.2, 0) is 24.4 Å². The quantitative estimate of drug-likeness (QED) is 0.120. The van der Waals surface area contributed by atoms with Crippen molar-refractivity contribution in [2.24, 2.45) is 0 Å². The van der Waals surface area contributed by atoms with E-state index in [9.17, 15) is 4.79 Å². The number of unbranched alkanes of at least 4 members (excludes halogenated alkanes) is 2. The molecule has 1 aromatic heterocycles. The van der Waals surface area contributed by atoms with E-state index in [2.05, 4.69) is 58.9 Å². The van der Waals surface area contributed by atoms with Crippen LogP contribution >= 0.6 is 23.2 Å². The molecule has 1 aliphatic heterocycles. The van der Waals surface area contributed by atoms with Gasteiger partial charge in [-0.05, 0) is 73.8 Å². The number of benzene rings is 3. The van der Waals surface area contributed by atoms with Crippen LogP contribution in [0.15, 0.2) is 72.8 Å². The van der Waals surface area contributed by atoms with E-state index in [1.165, 1.54) is 30.4 Å². The molecule has 3 aromatic carbocycles. The molecule has 0 unspecified atom stereocenters. The number of nitrogens with zero attached hydrogens (tertiary/aromatic N) is 4. The number of carbonyl (C=O) groups is 1. The zero-order valence-corrected chi connectivity index (χ0v) is 26.0. The van der Waals surface area contributed by atoms with Gasteiger partial charge in [-0.25, -0.2) is 4.98 Å². The zero-order chi connectivity index (χ0) is 29.3. The van der Waals surface area contributed by atoms with Crippen LogP contribution in [0.3, 0.4) is 0 Å². The number of hydrogen-bond acceptors (Lipinski definition) is 3. The number of piperidine rings is 1. The summed E-state index contributed by atoms with van der Waals surface area (Å²) in [4.78, 5) is 23.1. The van der Waals surface area contributed by atoms with Crippen LogP contribution in [0.25, 0.3) is 17.1 Å². The molecule has 0 atom stereocenters. The minimum absolute atomic E-state index is 0.0776. The third kappa shape index (κ3) is 7.63. The lowest BCUT2D eigenvalue weighted by atomic mass is 10.0. The molecule has 0 bridgehead atoms. The number of para-hydroxylation sites is 2. The molecule has 1 aliphatic rings. The van der Waals surface area contributed by atoms with Gasteiger partial charge in [0.25, 0.3) is 0 Å². The molecular weight excluding hydrogens is 563 g/mol. The van der Waals surface area contributed by atoms with E-state index in [0.717, 1.165) is 55.8 Å². The molecule has 1 amide bonds. The summed E-state index contributed by atoms with van der Waals surface area (Å²) in [5.41, 5.74) is 5.34. The van der Waals surface area contributed by atoms with Crippen molar-refractivity contribution in [3.05, 3.63) is 105 Å². The highest BCUT2D eigenvalue weighted by atomic mass is 35.5. The van der Waals surface area contributed by atoms with Gasteiger partial charge in [-0.15, -0.1) is 0 Å². The number of rotatable bonds is 12. The second-order valence-electron chi connectivity index (χ2n) is 11.1. The Balaban J connectivity index is 1.44. The van der Waals surface area contributed by atoms with Crippen molar-refractivity contribution < 1.29 is 4.79 Å². The van der Waals surface area contributed by atoms with E-state index in [4.69, 9.17) is 28.2 Å². The predicted octanol–water partition coefficient (Wildman–Crippen LogP) is 8.61. The van der Waals surface area contributed by atoms with E-state index in [-0.39, 0.29) is 5.91 Å². The summed E-state index contributed by atoms with van der Waals surface area (Å²) in [6.07, 6.45) is 10.3. The Morgan fingerprint density at radius 1 is 0.881 bits per heavy atom. The molecular formula is C35H40Cl2N4O. The van der Waals surface area contributed by atoms with Crippen LogP contribution in [0.5, 0.6) is 0 Å². The highest BCUT2D eigenvalue weighted by Gasteiger charge is 2.19. The second kappa shape index (κ2) is 14.9. The fraction of sp³-hybridized carbons (Fsp3) is 0.371. The summed E-state index contributed by atoms with van der Waals surface area (Å²) in [6.45, 7) is 7.25. The average Bonchev–Trinajstić information content (AvgIpc) is 3.34. The molecule has 0 aliphatic carbocycles. The van der Waals surface area contributed by atoms with Gasteiger partial charge >= 0.3 is 0 Å². The molecule has 0 saturated carbocycles. The minimum atomic E-state index is -0.0776. The number of carbonyl (C=O) groups excluding carboxylic acids is 1. The van der Waals surface area contributed by atoms with Crippen LogP contribution in [0.2, 0.25) is 10.0 Å². The van der Waals surface area contributed by atoms with Crippen LogP contribution in [-0.4, -0.2) is 44.9 Å². The maximum atomic E-state index is 13.6. The highest BCUT2D eigenvalue weighted by Crippen LogP contribution is 2.26. The third-order valence-corrected chi connectivity index (χ3v) is 8.75. The van der Waals surface area contributed by atoms with Gasteiger partial charge in [0.15, 0.2) is 0 Å². The lowest BCUT2D eigenvalue weighted by Gasteiger charge is -2.27. The SMILES string of the molecule is CCCCCN(Cc1nc2ccccc2n1Cc1ccccc1CN1CCCCC1)C(=O)C=Cc1c(Cl)cccc1Cl. The maximum Gasteiger partial charge on any atom is 0.246 e. The van der Waals surface area contributed by atoms with Gasteiger partial charge in [-0.1, -0.05) is 91.9 Å². The molecule has 1 fully saturated rings. The Labute approximate surface area is 259 Å². The normalized spacial score (nSPS) is 14.2. The van der Waals surface area contributed by atoms with Crippen LogP contribution in [0, 0.1) is 0 Å². The summed E-state index contributed by atoms with van der Waals surface area (Å²) in [5, 5.41) is 1.04. The Hall–Kier alpha value is -3.12. The number of imidazole rings is 1. The summed E-state index contributed by atoms with van der Waals surface area (Å²) in [7, 11) is 0. The number of hydrogen-bond donors (Lipinski definition) is 0. The van der Waals surface area contributed by atoms with Crippen molar-refractivity contribution >= 4 is 46.2 Å². The average molecular weight is 604 g/mol. The van der Waals surface area contributed by atoms with E-state index >= 15 is 0 Å². The second-order valence-corrected chi connectivity index (χ2v) is 12.0. The standard InChI is InChI=1S/C35H40Cl2N4O/c1-2-3-9-23-40(35(42)20-19-29-30(36)15-12-16-31(29)37)26-34-38-32-17-7-8-18-33(32)41(34)25-28-14-6-5-13-27(28)24-39-21-10-4-11-22-39/h5-8,12-20H,2-4,9-11,21-26H2,1H3. The molecule has 42 heavy (non-hydrogen) atoms. The van der Waals surface area contributed by atoms with Crippen molar-refractivity contribution in [3.63, 3.8) is 0 Å². The van der Waals surface area contributed by atoms with Crippen molar-refractivity contribution in [2.75, 3.05) is 19.6 Å². The lowest BCUT2D eigenvalue weighted by Crippen LogP contribution is -2.31. The summed E-state index contributed by atoms with van der Waals surface area (Å²) in [5.74, 6) is 0.809. The molecule has 220 valence electrons. The minimum Gasteiger partial charge on any atom is -0.332 e. The van der Waals surface area contributed by atoms with E-state index in [1.807, 2.05) is 11.0 Å². The highest BCUT2D eigenvalue weighted by molar-refractivity contribution is 6.37. The number of halogens is 2. The number of likely N-dealkylation sites (tertiary alicyclic amines) is 1. The Bertz CT molecular complexity index is 1500. The number of fused-ring (bicyclic) bond motifs is 1. The Morgan fingerprint density at radius 2 is 1.57 bits per heavy atom. The molecule has 5 nitrogen and oxygen atoms in total. The van der Waals surface area contributed by atoms with Gasteiger partial charge in [0.05, 0.1) is 17.6 Å². The molecule has 0 N–H and O–H groups in total. The first-order chi connectivity index (χ1) is 20.5. The summed E-state index contributed by atoms with van der Waals surface area (Å²) in [6, 6.07) is 22.4. The van der Waals surface area contributed by atoms with Crippen molar-refractivity contribution in [1.29, 1.82) is 0 Å². The van der Waals surface area contributed by atoms with Gasteiger partial charge < -0.3 is 9.47 Å². The van der Waals surface area contributed by atoms with Crippen molar-refractivity contribution in [2.45, 2.75) is 65.1 Å². The van der Waals surface area contributed by atoms with Gasteiger partial charge in [-0.2, -0.15) is 0 Å². The largest absolute Gasteiger partial charge is 0.332 e.